The second kappa shape index (κ2) is 20.5. The molecule has 16 aromatic rings. The molecule has 0 atom stereocenters. The van der Waals surface area contributed by atoms with E-state index in [9.17, 15) is 0 Å². The first kappa shape index (κ1) is 50.2. The summed E-state index contributed by atoms with van der Waals surface area (Å²) in [6, 6.07) is 126. The van der Waals surface area contributed by atoms with Crippen LogP contribution in [0.25, 0.3) is 133 Å². The third kappa shape index (κ3) is 8.17. The molecule has 0 amide bonds. The van der Waals surface area contributed by atoms with Gasteiger partial charge in [0.15, 0.2) is 0 Å². The van der Waals surface area contributed by atoms with Gasteiger partial charge in [0.25, 0.3) is 0 Å². The summed E-state index contributed by atoms with van der Waals surface area (Å²) in [6.45, 7) is 0. The van der Waals surface area contributed by atoms with Crippen molar-refractivity contribution in [1.82, 2.24) is 9.13 Å². The summed E-state index contributed by atoms with van der Waals surface area (Å²) >= 11 is 0. The van der Waals surface area contributed by atoms with Crippen LogP contribution in [0.4, 0.5) is 0 Å². The van der Waals surface area contributed by atoms with Crippen molar-refractivity contribution in [2.75, 3.05) is 0 Å². The lowest BCUT2D eigenvalue weighted by Gasteiger charge is -2.34. The van der Waals surface area contributed by atoms with Gasteiger partial charge in [0.05, 0.1) is 27.5 Å². The van der Waals surface area contributed by atoms with E-state index in [1.165, 1.54) is 149 Å². The number of nitrogens with zero attached hydrogens (tertiary/aromatic N) is 2. The van der Waals surface area contributed by atoms with E-state index in [0.717, 1.165) is 5.69 Å². The van der Waals surface area contributed by atoms with Crippen LogP contribution >= 0.6 is 0 Å². The standard InChI is InChI=1S/C85H56N2/c1-3-19-62(20-4-1)71-27-7-8-28-72(71)66-22-18-24-68(54-66)85(79-33-13-9-29-73(79)74-30-10-14-34-80(74)85)67-23-17-21-63(53-67)61-43-41-58(42-44-61)57-37-39-59(40-38-57)60-45-49-70(50-46-60)87-82-36-16-12-32-76(82)78-56-65(48-52-84(78)87)64-47-51-83-77(55-64)75-31-11-15-35-81(75)86(83)69-25-5-2-6-26-69/h1-56H. The predicted molar refractivity (Wildman–Crippen MR) is 365 cm³/mol. The minimum absolute atomic E-state index is 0.551. The zero-order chi connectivity index (χ0) is 57.4. The first-order valence-electron chi connectivity index (χ1n) is 30.1. The third-order valence-electron chi connectivity index (χ3n) is 18.5. The van der Waals surface area contributed by atoms with Gasteiger partial charge in [-0.25, -0.2) is 0 Å². The predicted octanol–water partition coefficient (Wildman–Crippen LogP) is 22.2. The van der Waals surface area contributed by atoms with Crippen molar-refractivity contribution < 1.29 is 0 Å². The lowest BCUT2D eigenvalue weighted by molar-refractivity contribution is 0.769. The van der Waals surface area contributed by atoms with E-state index in [1.54, 1.807) is 0 Å². The molecule has 2 heteroatoms. The minimum Gasteiger partial charge on any atom is -0.309 e. The molecule has 0 saturated carbocycles. The van der Waals surface area contributed by atoms with Crippen LogP contribution in [0.2, 0.25) is 0 Å². The van der Waals surface area contributed by atoms with Crippen LogP contribution in [0.15, 0.2) is 340 Å². The molecule has 1 aliphatic rings. The Hall–Kier alpha value is -11.3. The fraction of sp³-hybridized carbons (Fsp3) is 0.0118. The molecule has 0 bridgehead atoms. The maximum Gasteiger partial charge on any atom is 0.0713 e. The van der Waals surface area contributed by atoms with Crippen molar-refractivity contribution in [3.8, 4) is 89.3 Å². The molecular weight excluding hydrogens is 1050 g/mol. The molecule has 0 spiro atoms. The van der Waals surface area contributed by atoms with Gasteiger partial charge in [-0.05, 0) is 173 Å². The number of para-hydroxylation sites is 3. The Bertz CT molecular complexity index is 5250. The first-order valence-corrected chi connectivity index (χ1v) is 30.1. The molecule has 2 nitrogen and oxygen atoms in total. The van der Waals surface area contributed by atoms with E-state index >= 15 is 0 Å². The molecule has 406 valence electrons. The van der Waals surface area contributed by atoms with Crippen molar-refractivity contribution >= 4 is 43.6 Å². The summed E-state index contributed by atoms with van der Waals surface area (Å²) < 4.78 is 4.79. The zero-order valence-electron chi connectivity index (χ0n) is 47.7. The fourth-order valence-electron chi connectivity index (χ4n) is 14.4. The molecule has 14 aromatic carbocycles. The van der Waals surface area contributed by atoms with Gasteiger partial charge in [-0.3, -0.25) is 0 Å². The second-order valence-electron chi connectivity index (χ2n) is 23.1. The van der Waals surface area contributed by atoms with E-state index in [2.05, 4.69) is 349 Å². The smallest absolute Gasteiger partial charge is 0.0713 e. The lowest BCUT2D eigenvalue weighted by atomic mass is 9.67. The number of fused-ring (bicyclic) bond motifs is 9. The Balaban J connectivity index is 0.662. The molecule has 87 heavy (non-hydrogen) atoms. The Labute approximate surface area is 506 Å². The SMILES string of the molecule is c1ccc(-c2ccccc2-c2cccc(C3(c4cccc(-c5ccc(-c6ccc(-c7ccc(-n8c9ccccc9c9cc(-c%10ccc%11c(c%10)c%10ccccc%10n%11-c%10ccccc%10)ccc98)cc7)cc6)cc5)c4)c4ccccc4-c4ccccc43)c2)cc1. The summed E-state index contributed by atoms with van der Waals surface area (Å²) in [4.78, 5) is 0. The number of hydrogen-bond acceptors (Lipinski definition) is 0. The van der Waals surface area contributed by atoms with Gasteiger partial charge in [0, 0.05) is 32.9 Å². The number of benzene rings is 14. The van der Waals surface area contributed by atoms with Gasteiger partial charge >= 0.3 is 0 Å². The van der Waals surface area contributed by atoms with Crippen LogP contribution in [0.5, 0.6) is 0 Å². The molecule has 0 radical (unpaired) electrons. The van der Waals surface area contributed by atoms with Gasteiger partial charge in [-0.15, -0.1) is 0 Å². The van der Waals surface area contributed by atoms with Crippen molar-refractivity contribution in [3.05, 3.63) is 362 Å². The number of aromatic nitrogens is 2. The van der Waals surface area contributed by atoms with E-state index < -0.39 is 5.41 Å². The summed E-state index contributed by atoms with van der Waals surface area (Å²) in [6.07, 6.45) is 0. The highest BCUT2D eigenvalue weighted by Crippen LogP contribution is 2.57. The molecule has 1 aliphatic carbocycles. The van der Waals surface area contributed by atoms with Gasteiger partial charge in [-0.2, -0.15) is 0 Å². The fourth-order valence-corrected chi connectivity index (χ4v) is 14.4. The zero-order valence-corrected chi connectivity index (χ0v) is 47.7. The van der Waals surface area contributed by atoms with E-state index in [4.69, 9.17) is 0 Å². The highest BCUT2D eigenvalue weighted by Gasteiger charge is 2.46. The molecule has 17 rings (SSSR count). The summed E-state index contributed by atoms with van der Waals surface area (Å²) in [5.41, 5.74) is 28.6. The topological polar surface area (TPSA) is 9.86 Å². The van der Waals surface area contributed by atoms with Crippen LogP contribution in [0.1, 0.15) is 22.3 Å². The van der Waals surface area contributed by atoms with Gasteiger partial charge < -0.3 is 9.13 Å². The van der Waals surface area contributed by atoms with E-state index in [1.807, 2.05) is 0 Å². The van der Waals surface area contributed by atoms with Crippen LogP contribution in [0.3, 0.4) is 0 Å². The number of hydrogen-bond donors (Lipinski definition) is 0. The Morgan fingerprint density at radius 1 is 0.184 bits per heavy atom. The Morgan fingerprint density at radius 3 is 1.03 bits per heavy atom. The normalized spacial score (nSPS) is 12.5. The quantitative estimate of drug-likeness (QED) is 0.129. The molecule has 0 aliphatic heterocycles. The largest absolute Gasteiger partial charge is 0.309 e. The van der Waals surface area contributed by atoms with Crippen LogP contribution < -0.4 is 0 Å². The Kier molecular flexibility index (Phi) is 11.8. The average molecular weight is 1110 g/mol. The first-order chi connectivity index (χ1) is 43.1. The molecule has 0 saturated heterocycles. The van der Waals surface area contributed by atoms with Crippen LogP contribution in [0, 0.1) is 0 Å². The van der Waals surface area contributed by atoms with Crippen molar-refractivity contribution in [2.24, 2.45) is 0 Å². The van der Waals surface area contributed by atoms with Crippen LogP contribution in [-0.2, 0) is 5.41 Å². The monoisotopic (exact) mass is 1100 g/mol. The van der Waals surface area contributed by atoms with Gasteiger partial charge in [0.2, 0.25) is 0 Å². The highest BCUT2D eigenvalue weighted by atomic mass is 15.0. The van der Waals surface area contributed by atoms with Gasteiger partial charge in [0.1, 0.15) is 0 Å². The lowest BCUT2D eigenvalue weighted by Crippen LogP contribution is -2.28. The number of rotatable bonds is 10. The maximum atomic E-state index is 2.44. The molecule has 2 aromatic heterocycles. The van der Waals surface area contributed by atoms with Crippen LogP contribution in [-0.4, -0.2) is 9.13 Å². The molecule has 0 fully saturated rings. The average Bonchev–Trinajstić information content (AvgIpc) is 2.21. The van der Waals surface area contributed by atoms with Crippen molar-refractivity contribution in [1.29, 1.82) is 0 Å². The van der Waals surface area contributed by atoms with Crippen molar-refractivity contribution in [3.63, 3.8) is 0 Å². The summed E-state index contributed by atoms with van der Waals surface area (Å²) in [5, 5.41) is 4.99. The van der Waals surface area contributed by atoms with Gasteiger partial charge in [-0.1, -0.05) is 267 Å². The van der Waals surface area contributed by atoms with Crippen molar-refractivity contribution in [2.45, 2.75) is 5.41 Å². The summed E-state index contributed by atoms with van der Waals surface area (Å²) in [5.74, 6) is 0. The molecule has 0 N–H and O–H groups in total. The summed E-state index contributed by atoms with van der Waals surface area (Å²) in [7, 11) is 0. The molecule has 2 heterocycles. The van der Waals surface area contributed by atoms with E-state index in [0.29, 0.717) is 0 Å². The molecular formula is C85H56N2. The Morgan fingerprint density at radius 2 is 0.517 bits per heavy atom. The van der Waals surface area contributed by atoms with E-state index in [-0.39, 0.29) is 0 Å². The highest BCUT2D eigenvalue weighted by molar-refractivity contribution is 6.13. The third-order valence-corrected chi connectivity index (χ3v) is 18.5. The maximum absolute atomic E-state index is 2.44. The second-order valence-corrected chi connectivity index (χ2v) is 23.1. The minimum atomic E-state index is -0.551. The molecule has 0 unspecified atom stereocenters.